The second kappa shape index (κ2) is 4.29. The van der Waals surface area contributed by atoms with Crippen LogP contribution in [0.1, 0.15) is 20.8 Å². The summed E-state index contributed by atoms with van der Waals surface area (Å²) in [5.41, 5.74) is -0.834. The molecule has 0 radical (unpaired) electrons. The Bertz CT molecular complexity index is 414. The molecule has 0 aliphatic heterocycles. The minimum Gasteiger partial charge on any atom is -0.268 e. The van der Waals surface area contributed by atoms with Crippen LogP contribution in [0.25, 0.3) is 0 Å². The fourth-order valence-corrected chi connectivity index (χ4v) is 1.54. The van der Waals surface area contributed by atoms with Gasteiger partial charge in [-0.2, -0.15) is 0 Å². The van der Waals surface area contributed by atoms with Crippen molar-refractivity contribution in [3.05, 3.63) is 26.6 Å². The van der Waals surface area contributed by atoms with Crippen molar-refractivity contribution < 1.29 is 0 Å². The molecule has 1 rings (SSSR count). The molecule has 84 valence electrons. The maximum Gasteiger partial charge on any atom is 0.334 e. The van der Waals surface area contributed by atoms with Gasteiger partial charge in [0.1, 0.15) is 0 Å². The van der Waals surface area contributed by atoms with Crippen molar-refractivity contribution in [2.45, 2.75) is 40.4 Å². The van der Waals surface area contributed by atoms with Crippen molar-refractivity contribution >= 4 is 0 Å². The molecule has 0 saturated heterocycles. The highest BCUT2D eigenvalue weighted by Gasteiger charge is 2.09. The first-order valence-corrected chi connectivity index (χ1v) is 5.07. The molecule has 0 unspecified atom stereocenters. The number of nitrogens with one attached hydrogen (secondary N) is 1. The molecule has 0 atom stereocenters. The molecular formula is C9H16N4O2. The topological polar surface area (TPSA) is 72.8 Å². The summed E-state index contributed by atoms with van der Waals surface area (Å²) in [5, 5.41) is 7.71. The number of aromatic nitrogens is 3. The molecule has 1 heterocycles. The van der Waals surface area contributed by atoms with Crippen LogP contribution in [0.2, 0.25) is 0 Å². The van der Waals surface area contributed by atoms with Crippen LogP contribution < -0.4 is 17.0 Å². The third-order valence-electron chi connectivity index (χ3n) is 2.38. The molecule has 6 nitrogen and oxygen atoms in total. The molecule has 0 aromatic carbocycles. The van der Waals surface area contributed by atoms with Gasteiger partial charge in [-0.05, 0) is 20.8 Å². The van der Waals surface area contributed by atoms with Gasteiger partial charge in [0, 0.05) is 19.6 Å². The summed E-state index contributed by atoms with van der Waals surface area (Å²) < 4.78 is 3.72. The van der Waals surface area contributed by atoms with Gasteiger partial charge in [0.2, 0.25) is 5.62 Å². The van der Waals surface area contributed by atoms with Crippen LogP contribution in [0.3, 0.4) is 0 Å². The molecule has 0 bridgehead atoms. The summed E-state index contributed by atoms with van der Waals surface area (Å²) in [5.74, 6) is 0. The maximum absolute atomic E-state index is 11.7. The first-order chi connectivity index (χ1) is 7.08. The van der Waals surface area contributed by atoms with Gasteiger partial charge < -0.3 is 0 Å². The highest BCUT2D eigenvalue weighted by atomic mass is 16.2. The van der Waals surface area contributed by atoms with Gasteiger partial charge in [0.25, 0.3) is 0 Å². The Kier molecular flexibility index (Phi) is 3.28. The van der Waals surface area contributed by atoms with E-state index in [0.717, 1.165) is 4.57 Å². The third-order valence-corrected chi connectivity index (χ3v) is 2.38. The van der Waals surface area contributed by atoms with Crippen LogP contribution in [0.4, 0.5) is 0 Å². The van der Waals surface area contributed by atoms with Gasteiger partial charge in [0.15, 0.2) is 0 Å². The fourth-order valence-electron chi connectivity index (χ4n) is 1.54. The van der Waals surface area contributed by atoms with Gasteiger partial charge >= 0.3 is 11.4 Å². The summed E-state index contributed by atoms with van der Waals surface area (Å²) in [4.78, 5) is 23.5. The monoisotopic (exact) mass is 212 g/mol. The minimum atomic E-state index is -0.403. The summed E-state index contributed by atoms with van der Waals surface area (Å²) >= 11 is 0. The molecule has 0 amide bonds. The quantitative estimate of drug-likeness (QED) is 0.723. The van der Waals surface area contributed by atoms with Crippen LogP contribution in [-0.2, 0) is 19.6 Å². The largest absolute Gasteiger partial charge is 0.334 e. The average Bonchev–Trinajstić information content (AvgIpc) is 2.19. The zero-order valence-electron chi connectivity index (χ0n) is 9.28. The van der Waals surface area contributed by atoms with E-state index in [-0.39, 0.29) is 5.62 Å². The molecule has 0 spiro atoms. The van der Waals surface area contributed by atoms with Crippen molar-refractivity contribution in [2.24, 2.45) is 0 Å². The fraction of sp³-hybridized carbons (Fsp3) is 0.667. The SMILES string of the molecule is CCn1c(=N)n(CC)c(=O)n(CC)c1=O. The number of hydrogen-bond acceptors (Lipinski definition) is 3. The predicted molar refractivity (Wildman–Crippen MR) is 55.8 cm³/mol. The van der Waals surface area contributed by atoms with E-state index in [1.54, 1.807) is 20.8 Å². The lowest BCUT2D eigenvalue weighted by Crippen LogP contribution is -2.54. The highest BCUT2D eigenvalue weighted by Crippen LogP contribution is 1.74. The summed E-state index contributed by atoms with van der Waals surface area (Å²) in [6.45, 7) is 6.44. The van der Waals surface area contributed by atoms with Gasteiger partial charge in [-0.15, -0.1) is 0 Å². The Morgan fingerprint density at radius 2 is 1.20 bits per heavy atom. The van der Waals surface area contributed by atoms with E-state index in [2.05, 4.69) is 0 Å². The zero-order valence-corrected chi connectivity index (χ0v) is 9.28. The van der Waals surface area contributed by atoms with Crippen LogP contribution in [0.5, 0.6) is 0 Å². The van der Waals surface area contributed by atoms with E-state index in [1.165, 1.54) is 9.13 Å². The summed E-state index contributed by atoms with van der Waals surface area (Å²) in [6, 6.07) is 0. The molecule has 0 aliphatic carbocycles. The van der Waals surface area contributed by atoms with Gasteiger partial charge in [0.05, 0.1) is 0 Å². The first-order valence-electron chi connectivity index (χ1n) is 5.07. The van der Waals surface area contributed by atoms with Crippen molar-refractivity contribution in [3.63, 3.8) is 0 Å². The molecule has 15 heavy (non-hydrogen) atoms. The number of hydrogen-bond donors (Lipinski definition) is 1. The minimum absolute atomic E-state index is 0.0281. The van der Waals surface area contributed by atoms with E-state index in [1.807, 2.05) is 0 Å². The Hall–Kier alpha value is -1.59. The third kappa shape index (κ3) is 1.67. The molecule has 0 aliphatic rings. The van der Waals surface area contributed by atoms with E-state index < -0.39 is 11.4 Å². The van der Waals surface area contributed by atoms with Gasteiger partial charge in [-0.25, -0.2) is 14.2 Å². The van der Waals surface area contributed by atoms with E-state index in [0.29, 0.717) is 19.6 Å². The smallest absolute Gasteiger partial charge is 0.268 e. The lowest BCUT2D eigenvalue weighted by Gasteiger charge is -2.11. The summed E-state index contributed by atoms with van der Waals surface area (Å²) in [6.07, 6.45) is 0. The Balaban J connectivity index is 3.82. The lowest BCUT2D eigenvalue weighted by molar-refractivity contribution is 0.456. The Morgan fingerprint density at radius 3 is 1.47 bits per heavy atom. The van der Waals surface area contributed by atoms with Crippen molar-refractivity contribution in [2.75, 3.05) is 0 Å². The van der Waals surface area contributed by atoms with E-state index in [4.69, 9.17) is 5.41 Å². The molecule has 6 heteroatoms. The van der Waals surface area contributed by atoms with Crippen LogP contribution in [-0.4, -0.2) is 13.7 Å². The zero-order chi connectivity index (χ0) is 11.6. The number of nitrogens with zero attached hydrogens (tertiary/aromatic N) is 3. The van der Waals surface area contributed by atoms with E-state index in [9.17, 15) is 9.59 Å². The van der Waals surface area contributed by atoms with Crippen molar-refractivity contribution in [1.82, 2.24) is 13.7 Å². The average molecular weight is 212 g/mol. The van der Waals surface area contributed by atoms with Crippen LogP contribution >= 0.6 is 0 Å². The second-order valence-electron chi connectivity index (χ2n) is 3.12. The van der Waals surface area contributed by atoms with Crippen LogP contribution in [0.15, 0.2) is 9.59 Å². The highest BCUT2D eigenvalue weighted by molar-refractivity contribution is 4.75. The molecule has 1 aromatic heterocycles. The van der Waals surface area contributed by atoms with Gasteiger partial charge in [-0.3, -0.25) is 14.5 Å². The lowest BCUT2D eigenvalue weighted by atomic mass is 10.6. The van der Waals surface area contributed by atoms with E-state index >= 15 is 0 Å². The maximum atomic E-state index is 11.7. The molecule has 1 aromatic rings. The normalized spacial score (nSPS) is 10.6. The molecule has 0 saturated carbocycles. The Morgan fingerprint density at radius 1 is 0.867 bits per heavy atom. The Labute approximate surface area is 86.9 Å². The van der Waals surface area contributed by atoms with Gasteiger partial charge in [-0.1, -0.05) is 0 Å². The molecule has 1 N–H and O–H groups in total. The van der Waals surface area contributed by atoms with Crippen LogP contribution in [0, 0.1) is 5.41 Å². The van der Waals surface area contributed by atoms with Crippen molar-refractivity contribution in [1.29, 1.82) is 5.41 Å². The molecular weight excluding hydrogens is 196 g/mol. The first kappa shape index (κ1) is 11.5. The molecule has 0 fully saturated rings. The standard InChI is InChI=1S/C9H16N4O2/c1-4-11-7(10)12(5-2)9(15)13(6-3)8(11)14/h10H,4-6H2,1-3H3. The number of rotatable bonds is 3. The second-order valence-corrected chi connectivity index (χ2v) is 3.12. The predicted octanol–water partition coefficient (Wildman–Crippen LogP) is -0.649. The van der Waals surface area contributed by atoms with Crippen molar-refractivity contribution in [3.8, 4) is 0 Å². The summed E-state index contributed by atoms with van der Waals surface area (Å²) in [7, 11) is 0.